The molecule has 1 N–H and O–H groups in total. The summed E-state index contributed by atoms with van der Waals surface area (Å²) < 4.78 is 37.6. The Balaban J connectivity index is 2.57. The van der Waals surface area contributed by atoms with Crippen molar-refractivity contribution >= 4 is 22.9 Å². The van der Waals surface area contributed by atoms with Crippen LogP contribution in [0.4, 0.5) is 13.2 Å². The van der Waals surface area contributed by atoms with Gasteiger partial charge < -0.3 is 0 Å². The fourth-order valence-corrected chi connectivity index (χ4v) is 2.17. The van der Waals surface area contributed by atoms with Crippen molar-refractivity contribution in [1.29, 1.82) is 0 Å². The van der Waals surface area contributed by atoms with Gasteiger partial charge in [-0.2, -0.15) is 18.4 Å². The summed E-state index contributed by atoms with van der Waals surface area (Å²) in [6, 6.07) is 0.845. The zero-order valence-corrected chi connectivity index (χ0v) is 8.41. The highest BCUT2D eigenvalue weighted by atomic mass is 35.5. The summed E-state index contributed by atoms with van der Waals surface area (Å²) in [5, 5.41) is 12.2. The molecule has 0 amide bonds. The van der Waals surface area contributed by atoms with Crippen molar-refractivity contribution < 1.29 is 13.2 Å². The lowest BCUT2D eigenvalue weighted by Gasteiger charge is -2.04. The number of hydrogen-bond donors (Lipinski definition) is 1. The van der Waals surface area contributed by atoms with Gasteiger partial charge in [-0.05, 0) is 11.3 Å². The maximum absolute atomic E-state index is 12.5. The standard InChI is InChI=1S/C6H2ClF3N4S/c7-3-1-2(6(8,9)10)4(15-3)5-11-13-14-12-5/h1H,(H,11,12,13,14). The fourth-order valence-electron chi connectivity index (χ4n) is 0.996. The van der Waals surface area contributed by atoms with Crippen LogP contribution in [-0.4, -0.2) is 20.6 Å². The van der Waals surface area contributed by atoms with E-state index in [4.69, 9.17) is 11.6 Å². The Morgan fingerprint density at radius 1 is 1.40 bits per heavy atom. The fraction of sp³-hybridized carbons (Fsp3) is 0.167. The van der Waals surface area contributed by atoms with E-state index in [1.165, 1.54) is 0 Å². The van der Waals surface area contributed by atoms with E-state index in [0.717, 1.165) is 17.4 Å². The third-order valence-electron chi connectivity index (χ3n) is 1.56. The maximum atomic E-state index is 12.5. The average Bonchev–Trinajstić information content (AvgIpc) is 2.68. The molecular weight excluding hydrogens is 253 g/mol. The molecule has 0 aliphatic heterocycles. The van der Waals surface area contributed by atoms with Gasteiger partial charge >= 0.3 is 6.18 Å². The summed E-state index contributed by atoms with van der Waals surface area (Å²) >= 11 is 6.28. The van der Waals surface area contributed by atoms with Gasteiger partial charge in [-0.15, -0.1) is 21.5 Å². The summed E-state index contributed by atoms with van der Waals surface area (Å²) in [4.78, 5) is -0.138. The zero-order valence-electron chi connectivity index (χ0n) is 6.84. The predicted molar refractivity (Wildman–Crippen MR) is 47.5 cm³/mol. The van der Waals surface area contributed by atoms with E-state index in [1.54, 1.807) is 0 Å². The number of alkyl halides is 3. The van der Waals surface area contributed by atoms with E-state index in [9.17, 15) is 13.2 Å². The summed E-state index contributed by atoms with van der Waals surface area (Å²) in [5.74, 6) is -0.112. The first-order valence-corrected chi connectivity index (χ1v) is 4.78. The van der Waals surface area contributed by atoms with Crippen LogP contribution in [0.1, 0.15) is 5.56 Å². The minimum absolute atomic E-state index is 0.0297. The van der Waals surface area contributed by atoms with E-state index in [2.05, 4.69) is 20.6 Å². The van der Waals surface area contributed by atoms with Crippen LogP contribution in [0.25, 0.3) is 10.7 Å². The third kappa shape index (κ3) is 1.95. The zero-order chi connectivity index (χ0) is 11.1. The van der Waals surface area contributed by atoms with Gasteiger partial charge in [0.25, 0.3) is 0 Å². The molecule has 2 aromatic heterocycles. The largest absolute Gasteiger partial charge is 0.417 e. The smallest absolute Gasteiger partial charge is 0.177 e. The number of thiophene rings is 1. The molecule has 15 heavy (non-hydrogen) atoms. The second kappa shape index (κ2) is 3.46. The molecule has 0 bridgehead atoms. The number of rotatable bonds is 1. The van der Waals surface area contributed by atoms with Crippen molar-refractivity contribution in [2.75, 3.05) is 0 Å². The lowest BCUT2D eigenvalue weighted by atomic mass is 10.2. The first kappa shape index (κ1) is 10.4. The Labute approximate surface area is 90.1 Å². The monoisotopic (exact) mass is 254 g/mol. The Bertz CT molecular complexity index is 463. The molecule has 2 heterocycles. The molecule has 0 fully saturated rings. The van der Waals surface area contributed by atoms with Gasteiger partial charge in [0.05, 0.1) is 14.8 Å². The molecule has 80 valence electrons. The summed E-state index contributed by atoms with van der Waals surface area (Å²) in [7, 11) is 0. The lowest BCUT2D eigenvalue weighted by molar-refractivity contribution is -0.136. The second-order valence-corrected chi connectivity index (χ2v) is 4.21. The molecule has 0 spiro atoms. The van der Waals surface area contributed by atoms with Gasteiger partial charge in [0.15, 0.2) is 0 Å². The van der Waals surface area contributed by atoms with E-state index >= 15 is 0 Å². The number of nitrogens with one attached hydrogen (secondary N) is 1. The van der Waals surface area contributed by atoms with E-state index in [0.29, 0.717) is 0 Å². The van der Waals surface area contributed by atoms with Crippen molar-refractivity contribution in [3.8, 4) is 10.7 Å². The van der Waals surface area contributed by atoms with Gasteiger partial charge in [-0.25, -0.2) is 0 Å². The van der Waals surface area contributed by atoms with E-state index in [-0.39, 0.29) is 15.0 Å². The molecule has 0 atom stereocenters. The van der Waals surface area contributed by atoms with E-state index < -0.39 is 11.7 Å². The van der Waals surface area contributed by atoms with Crippen molar-refractivity contribution in [2.45, 2.75) is 6.18 Å². The van der Waals surface area contributed by atoms with Crippen LogP contribution < -0.4 is 0 Å². The van der Waals surface area contributed by atoms with E-state index in [1.807, 2.05) is 0 Å². The van der Waals surface area contributed by atoms with Crippen molar-refractivity contribution in [2.24, 2.45) is 0 Å². The van der Waals surface area contributed by atoms with Gasteiger partial charge in [-0.1, -0.05) is 11.6 Å². The molecule has 0 saturated heterocycles. The molecule has 0 saturated carbocycles. The van der Waals surface area contributed by atoms with Crippen molar-refractivity contribution in [1.82, 2.24) is 20.6 Å². The summed E-state index contributed by atoms with van der Waals surface area (Å²) in [5.41, 5.74) is -0.848. The van der Waals surface area contributed by atoms with Crippen LogP contribution in [0.2, 0.25) is 4.34 Å². The van der Waals surface area contributed by atoms with Crippen LogP contribution >= 0.6 is 22.9 Å². The quantitative estimate of drug-likeness (QED) is 0.851. The summed E-state index contributed by atoms with van der Waals surface area (Å²) in [6.45, 7) is 0. The topological polar surface area (TPSA) is 54.5 Å². The number of nitrogens with zero attached hydrogens (tertiary/aromatic N) is 3. The Hall–Kier alpha value is -1.15. The molecule has 9 heteroatoms. The number of tetrazole rings is 1. The minimum atomic E-state index is -4.47. The number of halogens is 4. The van der Waals surface area contributed by atoms with Crippen molar-refractivity contribution in [3.63, 3.8) is 0 Å². The molecule has 0 unspecified atom stereocenters. The third-order valence-corrected chi connectivity index (χ3v) is 2.82. The molecule has 0 aliphatic rings. The molecule has 2 aromatic rings. The number of aromatic amines is 1. The minimum Gasteiger partial charge on any atom is -0.177 e. The highest BCUT2D eigenvalue weighted by Crippen LogP contribution is 2.42. The molecule has 2 rings (SSSR count). The van der Waals surface area contributed by atoms with Gasteiger partial charge in [0, 0.05) is 0 Å². The average molecular weight is 255 g/mol. The molecular formula is C6H2ClF3N4S. The van der Waals surface area contributed by atoms with Crippen LogP contribution in [0.15, 0.2) is 6.07 Å². The number of hydrogen-bond acceptors (Lipinski definition) is 4. The highest BCUT2D eigenvalue weighted by molar-refractivity contribution is 7.19. The Kier molecular flexibility index (Phi) is 2.39. The predicted octanol–water partition coefficient (Wildman–Crippen LogP) is 2.60. The Morgan fingerprint density at radius 2 is 2.13 bits per heavy atom. The SMILES string of the molecule is FC(F)(F)c1cc(Cl)sc1-c1nn[nH]n1. The van der Waals surface area contributed by atoms with Crippen LogP contribution in [0.5, 0.6) is 0 Å². The van der Waals surface area contributed by atoms with Crippen LogP contribution in [-0.2, 0) is 6.18 Å². The Morgan fingerprint density at radius 3 is 2.67 bits per heavy atom. The number of H-pyrrole nitrogens is 1. The van der Waals surface area contributed by atoms with Gasteiger partial charge in [0.2, 0.25) is 5.82 Å². The summed E-state index contributed by atoms with van der Waals surface area (Å²) in [6.07, 6.45) is -4.47. The van der Waals surface area contributed by atoms with Gasteiger partial charge in [-0.3, -0.25) is 0 Å². The second-order valence-electron chi connectivity index (χ2n) is 2.53. The maximum Gasteiger partial charge on any atom is 0.417 e. The lowest BCUT2D eigenvalue weighted by Crippen LogP contribution is -2.04. The van der Waals surface area contributed by atoms with Crippen molar-refractivity contribution in [3.05, 3.63) is 16.0 Å². The molecule has 4 nitrogen and oxygen atoms in total. The van der Waals surface area contributed by atoms with Crippen LogP contribution in [0.3, 0.4) is 0 Å². The molecule has 0 aromatic carbocycles. The van der Waals surface area contributed by atoms with Crippen LogP contribution in [0, 0.1) is 0 Å². The normalized spacial score (nSPS) is 12.0. The first-order chi connectivity index (χ1) is 6.98. The van der Waals surface area contributed by atoms with Gasteiger partial charge in [0.1, 0.15) is 0 Å². The molecule has 0 radical (unpaired) electrons. The highest BCUT2D eigenvalue weighted by Gasteiger charge is 2.36. The molecule has 0 aliphatic carbocycles. The first-order valence-electron chi connectivity index (χ1n) is 3.59. The number of aromatic nitrogens is 4.